The molecule has 0 saturated carbocycles. The lowest BCUT2D eigenvalue weighted by Crippen LogP contribution is -2.19. The van der Waals surface area contributed by atoms with Gasteiger partial charge in [0.15, 0.2) is 0 Å². The molecule has 20 heavy (non-hydrogen) atoms. The molecule has 3 heteroatoms. The van der Waals surface area contributed by atoms with Crippen molar-refractivity contribution in [1.82, 2.24) is 5.32 Å². The predicted molar refractivity (Wildman–Crippen MR) is 80.2 cm³/mol. The minimum Gasteiger partial charge on any atom is -0.468 e. The smallest absolute Gasteiger partial charge is 0.123 e. The van der Waals surface area contributed by atoms with Gasteiger partial charge in [-0.3, -0.25) is 0 Å². The second kappa shape index (κ2) is 7.88. The summed E-state index contributed by atoms with van der Waals surface area (Å²) in [5.74, 6) is 1.61. The number of hydrogen-bond acceptors (Lipinski definition) is 3. The van der Waals surface area contributed by atoms with E-state index >= 15 is 0 Å². The molecule has 0 aliphatic rings. The molecular formula is C17H23NO2. The third kappa shape index (κ3) is 4.83. The largest absolute Gasteiger partial charge is 0.468 e. The fraction of sp³-hybridized carbons (Fsp3) is 0.412. The maximum absolute atomic E-state index is 5.74. The van der Waals surface area contributed by atoms with Crippen LogP contribution >= 0.6 is 0 Å². The van der Waals surface area contributed by atoms with Crippen LogP contribution < -0.4 is 5.32 Å². The molecule has 0 aliphatic heterocycles. The summed E-state index contributed by atoms with van der Waals surface area (Å²) >= 11 is 0. The number of furan rings is 1. The molecule has 0 atom stereocenters. The van der Waals surface area contributed by atoms with Crippen molar-refractivity contribution in [3.8, 4) is 0 Å². The van der Waals surface area contributed by atoms with Gasteiger partial charge in [-0.25, -0.2) is 0 Å². The van der Waals surface area contributed by atoms with E-state index in [-0.39, 0.29) is 0 Å². The van der Waals surface area contributed by atoms with Crippen molar-refractivity contribution in [2.24, 2.45) is 5.92 Å². The van der Waals surface area contributed by atoms with E-state index < -0.39 is 0 Å². The van der Waals surface area contributed by atoms with Crippen molar-refractivity contribution in [2.45, 2.75) is 33.6 Å². The van der Waals surface area contributed by atoms with Crippen LogP contribution in [-0.4, -0.2) is 6.54 Å². The molecule has 0 aliphatic carbocycles. The molecule has 1 heterocycles. The quantitative estimate of drug-likeness (QED) is 0.795. The molecule has 108 valence electrons. The average Bonchev–Trinajstić information content (AvgIpc) is 2.87. The molecule has 1 aromatic heterocycles. The summed E-state index contributed by atoms with van der Waals surface area (Å²) in [6.45, 7) is 7.35. The van der Waals surface area contributed by atoms with Crippen molar-refractivity contribution in [2.75, 3.05) is 6.54 Å². The first-order valence-corrected chi connectivity index (χ1v) is 7.13. The highest BCUT2D eigenvalue weighted by Crippen LogP contribution is 2.13. The molecule has 0 saturated heterocycles. The van der Waals surface area contributed by atoms with Crippen LogP contribution in [0.2, 0.25) is 0 Å². The molecule has 1 aromatic carbocycles. The molecule has 0 fully saturated rings. The van der Waals surface area contributed by atoms with E-state index in [9.17, 15) is 0 Å². The number of rotatable bonds is 8. The minimum absolute atomic E-state index is 0.587. The molecule has 2 aromatic rings. The first kappa shape index (κ1) is 14.8. The average molecular weight is 273 g/mol. The summed E-state index contributed by atoms with van der Waals surface area (Å²) in [6, 6.07) is 12.2. The molecule has 0 radical (unpaired) electrons. The van der Waals surface area contributed by atoms with Crippen LogP contribution in [0.4, 0.5) is 0 Å². The van der Waals surface area contributed by atoms with E-state index in [1.165, 1.54) is 5.56 Å². The molecule has 2 rings (SSSR count). The number of ether oxygens (including phenoxy) is 1. The Kier molecular flexibility index (Phi) is 5.84. The van der Waals surface area contributed by atoms with E-state index in [2.05, 4.69) is 31.3 Å². The summed E-state index contributed by atoms with van der Waals surface area (Å²) < 4.78 is 11.3. The Bertz CT molecular complexity index is 491. The van der Waals surface area contributed by atoms with Gasteiger partial charge in [-0.1, -0.05) is 44.2 Å². The van der Waals surface area contributed by atoms with Crippen molar-refractivity contribution in [1.29, 1.82) is 0 Å². The number of hydrogen-bond donors (Lipinski definition) is 1. The zero-order valence-corrected chi connectivity index (χ0v) is 12.3. The summed E-state index contributed by atoms with van der Waals surface area (Å²) in [6.07, 6.45) is 1.73. The lowest BCUT2D eigenvalue weighted by Gasteiger charge is -2.08. The Balaban J connectivity index is 1.77. The molecule has 0 unspecified atom stereocenters. The van der Waals surface area contributed by atoms with Gasteiger partial charge >= 0.3 is 0 Å². The third-order valence-corrected chi connectivity index (χ3v) is 3.04. The fourth-order valence-electron chi connectivity index (χ4n) is 1.98. The minimum atomic E-state index is 0.587. The van der Waals surface area contributed by atoms with Gasteiger partial charge in [0.1, 0.15) is 5.76 Å². The van der Waals surface area contributed by atoms with E-state index in [0.29, 0.717) is 19.1 Å². The van der Waals surface area contributed by atoms with Crippen LogP contribution in [0.15, 0.2) is 47.1 Å². The lowest BCUT2D eigenvalue weighted by atomic mass is 10.2. The summed E-state index contributed by atoms with van der Waals surface area (Å²) in [4.78, 5) is 0. The van der Waals surface area contributed by atoms with Gasteiger partial charge in [-0.15, -0.1) is 0 Å². The normalized spacial score (nSPS) is 11.2. The zero-order chi connectivity index (χ0) is 14.2. The van der Waals surface area contributed by atoms with Crippen molar-refractivity contribution < 1.29 is 9.15 Å². The zero-order valence-electron chi connectivity index (χ0n) is 12.3. The van der Waals surface area contributed by atoms with E-state index in [0.717, 1.165) is 24.4 Å². The van der Waals surface area contributed by atoms with Crippen LogP contribution in [0.1, 0.15) is 30.7 Å². The first-order valence-electron chi connectivity index (χ1n) is 7.13. The Hall–Kier alpha value is -1.58. The first-order chi connectivity index (χ1) is 9.75. The van der Waals surface area contributed by atoms with Gasteiger partial charge in [-0.05, 0) is 24.1 Å². The molecule has 3 nitrogen and oxygen atoms in total. The maximum atomic E-state index is 5.74. The highest BCUT2D eigenvalue weighted by atomic mass is 16.5. The third-order valence-electron chi connectivity index (χ3n) is 3.04. The molecular weight excluding hydrogens is 250 g/mol. The van der Waals surface area contributed by atoms with Gasteiger partial charge < -0.3 is 14.5 Å². The highest BCUT2D eigenvalue weighted by Gasteiger charge is 2.06. The Morgan fingerprint density at radius 1 is 1.10 bits per heavy atom. The second-order valence-electron chi connectivity index (χ2n) is 5.37. The fourth-order valence-corrected chi connectivity index (χ4v) is 1.98. The lowest BCUT2D eigenvalue weighted by molar-refractivity contribution is 0.106. The predicted octanol–water partition coefficient (Wildman–Crippen LogP) is 3.74. The molecule has 0 amide bonds. The SMILES string of the molecule is CC(C)CNCc1occc1COCc1ccccc1. The van der Waals surface area contributed by atoms with Gasteiger partial charge in [0, 0.05) is 5.56 Å². The monoisotopic (exact) mass is 273 g/mol. The van der Waals surface area contributed by atoms with Crippen LogP contribution in [0, 0.1) is 5.92 Å². The summed E-state index contributed by atoms with van der Waals surface area (Å²) in [7, 11) is 0. The van der Waals surface area contributed by atoms with Gasteiger partial charge in [0.25, 0.3) is 0 Å². The Labute approximate surface area is 121 Å². The van der Waals surface area contributed by atoms with Crippen LogP contribution in [0.3, 0.4) is 0 Å². The second-order valence-corrected chi connectivity index (χ2v) is 5.37. The number of benzene rings is 1. The van der Waals surface area contributed by atoms with Crippen LogP contribution in [0.25, 0.3) is 0 Å². The van der Waals surface area contributed by atoms with Crippen molar-refractivity contribution in [3.63, 3.8) is 0 Å². The summed E-state index contributed by atoms with van der Waals surface area (Å²) in [5, 5.41) is 3.39. The topological polar surface area (TPSA) is 34.4 Å². The van der Waals surface area contributed by atoms with Gasteiger partial charge in [-0.2, -0.15) is 0 Å². The Morgan fingerprint density at radius 3 is 2.65 bits per heavy atom. The number of nitrogens with one attached hydrogen (secondary N) is 1. The van der Waals surface area contributed by atoms with E-state index in [1.807, 2.05) is 24.3 Å². The highest BCUT2D eigenvalue weighted by molar-refractivity contribution is 5.16. The molecule has 1 N–H and O–H groups in total. The van der Waals surface area contributed by atoms with Crippen molar-refractivity contribution in [3.05, 3.63) is 59.5 Å². The standard InChI is InChI=1S/C17H23NO2/c1-14(2)10-18-11-17-16(8-9-20-17)13-19-12-15-6-4-3-5-7-15/h3-9,14,18H,10-13H2,1-2H3. The maximum Gasteiger partial charge on any atom is 0.123 e. The Morgan fingerprint density at radius 2 is 1.90 bits per heavy atom. The van der Waals surface area contributed by atoms with Gasteiger partial charge in [0.05, 0.1) is 26.0 Å². The van der Waals surface area contributed by atoms with Crippen LogP contribution in [-0.2, 0) is 24.5 Å². The molecule has 0 spiro atoms. The summed E-state index contributed by atoms with van der Waals surface area (Å²) in [5.41, 5.74) is 2.31. The van der Waals surface area contributed by atoms with E-state index in [1.54, 1.807) is 6.26 Å². The van der Waals surface area contributed by atoms with Gasteiger partial charge in [0.2, 0.25) is 0 Å². The van der Waals surface area contributed by atoms with E-state index in [4.69, 9.17) is 9.15 Å². The van der Waals surface area contributed by atoms with Crippen molar-refractivity contribution >= 4 is 0 Å². The molecule has 0 bridgehead atoms. The van der Waals surface area contributed by atoms with Crippen LogP contribution in [0.5, 0.6) is 0 Å².